The Labute approximate surface area is 149 Å². The first-order valence-electron chi connectivity index (χ1n) is 8.22. The number of tetrazole rings is 1. The smallest absolute Gasteiger partial charge is 0.254 e. The number of carbonyl (C=O) groups is 1. The van der Waals surface area contributed by atoms with Crippen molar-refractivity contribution in [1.29, 1.82) is 0 Å². The lowest BCUT2D eigenvalue weighted by atomic mass is 10.1. The zero-order valence-corrected chi connectivity index (χ0v) is 14.4. The summed E-state index contributed by atoms with van der Waals surface area (Å²) in [5, 5.41) is 12.1. The molecule has 0 aliphatic heterocycles. The van der Waals surface area contributed by atoms with Crippen LogP contribution >= 0.6 is 0 Å². The van der Waals surface area contributed by atoms with E-state index in [1.54, 1.807) is 24.1 Å². The Morgan fingerprint density at radius 2 is 1.92 bits per heavy atom. The molecule has 0 aliphatic carbocycles. The van der Waals surface area contributed by atoms with Crippen molar-refractivity contribution in [2.24, 2.45) is 0 Å². The second kappa shape index (κ2) is 6.44. The summed E-state index contributed by atoms with van der Waals surface area (Å²) in [7, 11) is 1.77. The molecule has 0 radical (unpaired) electrons. The number of benzene rings is 2. The predicted molar refractivity (Wildman–Crippen MR) is 95.9 cm³/mol. The molecule has 0 fully saturated rings. The van der Waals surface area contributed by atoms with Gasteiger partial charge in [0.25, 0.3) is 5.91 Å². The van der Waals surface area contributed by atoms with Gasteiger partial charge in [0.15, 0.2) is 0 Å². The number of nitrogens with zero attached hydrogens (tertiary/aromatic N) is 5. The normalized spacial score (nSPS) is 12.2. The van der Waals surface area contributed by atoms with Crippen LogP contribution in [-0.4, -0.2) is 38.1 Å². The van der Waals surface area contributed by atoms with Crippen molar-refractivity contribution in [3.8, 4) is 5.69 Å². The molecule has 0 spiro atoms. The van der Waals surface area contributed by atoms with Crippen molar-refractivity contribution >= 4 is 16.9 Å². The van der Waals surface area contributed by atoms with Crippen LogP contribution in [0.25, 0.3) is 16.7 Å². The Balaban J connectivity index is 1.55. The molecule has 0 saturated heterocycles. The summed E-state index contributed by atoms with van der Waals surface area (Å²) in [5.41, 5.74) is 2.20. The van der Waals surface area contributed by atoms with Crippen molar-refractivity contribution in [1.82, 2.24) is 25.1 Å². The number of amides is 1. The molecule has 0 bridgehead atoms. The van der Waals surface area contributed by atoms with E-state index in [-0.39, 0.29) is 11.9 Å². The van der Waals surface area contributed by atoms with E-state index in [0.717, 1.165) is 22.4 Å². The van der Waals surface area contributed by atoms with Gasteiger partial charge in [-0.15, -0.1) is 5.10 Å². The van der Waals surface area contributed by atoms with Gasteiger partial charge in [-0.2, -0.15) is 0 Å². The van der Waals surface area contributed by atoms with Crippen LogP contribution in [0.5, 0.6) is 0 Å². The maximum absolute atomic E-state index is 12.8. The molecule has 2 heterocycles. The Hall–Kier alpha value is -3.48. The molecule has 1 amide bonds. The van der Waals surface area contributed by atoms with Crippen molar-refractivity contribution in [2.75, 3.05) is 7.05 Å². The van der Waals surface area contributed by atoms with Gasteiger partial charge >= 0.3 is 0 Å². The van der Waals surface area contributed by atoms with Crippen LogP contribution in [0.3, 0.4) is 0 Å². The quantitative estimate of drug-likeness (QED) is 0.566. The fourth-order valence-corrected chi connectivity index (χ4v) is 2.82. The summed E-state index contributed by atoms with van der Waals surface area (Å²) in [6, 6.07) is 16.8. The van der Waals surface area contributed by atoms with Gasteiger partial charge in [0, 0.05) is 18.0 Å². The number of aromatic nitrogens is 4. The number of hydrogen-bond acceptors (Lipinski definition) is 5. The second-order valence-corrected chi connectivity index (χ2v) is 6.08. The molecule has 0 N–H and O–H groups in total. The highest BCUT2D eigenvalue weighted by Gasteiger charge is 2.22. The van der Waals surface area contributed by atoms with Crippen LogP contribution in [0.2, 0.25) is 0 Å². The first kappa shape index (κ1) is 16.0. The third-order valence-electron chi connectivity index (χ3n) is 4.49. The molecule has 4 aromatic rings. The van der Waals surface area contributed by atoms with Crippen LogP contribution < -0.4 is 0 Å². The molecule has 0 saturated carbocycles. The minimum atomic E-state index is -0.186. The van der Waals surface area contributed by atoms with Crippen LogP contribution in [-0.2, 0) is 0 Å². The molecular weight excluding hydrogens is 330 g/mol. The molecule has 0 unspecified atom stereocenters. The highest BCUT2D eigenvalue weighted by atomic mass is 16.3. The van der Waals surface area contributed by atoms with Crippen LogP contribution in [0, 0.1) is 0 Å². The zero-order valence-electron chi connectivity index (χ0n) is 14.4. The molecular formula is C19H17N5O2. The predicted octanol–water partition coefficient (Wildman–Crippen LogP) is 3.24. The second-order valence-electron chi connectivity index (χ2n) is 6.08. The van der Waals surface area contributed by atoms with E-state index in [9.17, 15) is 4.79 Å². The van der Waals surface area contributed by atoms with E-state index >= 15 is 0 Å². The number of carbonyl (C=O) groups excluding carboxylic acids is 1. The summed E-state index contributed by atoms with van der Waals surface area (Å²) >= 11 is 0. The third-order valence-corrected chi connectivity index (χ3v) is 4.49. The fourth-order valence-electron chi connectivity index (χ4n) is 2.82. The Kier molecular flexibility index (Phi) is 3.96. The van der Waals surface area contributed by atoms with Gasteiger partial charge in [0.2, 0.25) is 0 Å². The Morgan fingerprint density at radius 1 is 1.15 bits per heavy atom. The van der Waals surface area contributed by atoms with Crippen LogP contribution in [0.1, 0.15) is 29.1 Å². The topological polar surface area (TPSA) is 77.0 Å². The highest BCUT2D eigenvalue weighted by Crippen LogP contribution is 2.27. The summed E-state index contributed by atoms with van der Waals surface area (Å²) < 4.78 is 7.42. The molecule has 2 aromatic heterocycles. The molecule has 130 valence electrons. The molecule has 1 atom stereocenters. The third kappa shape index (κ3) is 2.83. The minimum absolute atomic E-state index is 0.0822. The first-order chi connectivity index (χ1) is 12.6. The number of furan rings is 1. The summed E-state index contributed by atoms with van der Waals surface area (Å²) in [6.07, 6.45) is 1.51. The van der Waals surface area contributed by atoms with Gasteiger partial charge in [-0.1, -0.05) is 18.2 Å². The number of hydrogen-bond donors (Lipinski definition) is 0. The molecule has 0 aliphatic rings. The lowest BCUT2D eigenvalue weighted by molar-refractivity contribution is 0.0727. The van der Waals surface area contributed by atoms with E-state index in [1.165, 1.54) is 11.0 Å². The van der Waals surface area contributed by atoms with Crippen molar-refractivity contribution in [2.45, 2.75) is 13.0 Å². The zero-order chi connectivity index (χ0) is 18.1. The molecule has 26 heavy (non-hydrogen) atoms. The summed E-state index contributed by atoms with van der Waals surface area (Å²) in [5.74, 6) is 0.675. The first-order valence-corrected chi connectivity index (χ1v) is 8.22. The lowest BCUT2D eigenvalue weighted by Gasteiger charge is -2.23. The Bertz CT molecular complexity index is 1000. The molecule has 7 heteroatoms. The van der Waals surface area contributed by atoms with E-state index in [4.69, 9.17) is 4.42 Å². The van der Waals surface area contributed by atoms with Gasteiger partial charge in [-0.05, 0) is 53.7 Å². The van der Waals surface area contributed by atoms with E-state index in [0.29, 0.717) is 5.56 Å². The average molecular weight is 347 g/mol. The van der Waals surface area contributed by atoms with Gasteiger partial charge in [-0.25, -0.2) is 4.68 Å². The number of para-hydroxylation sites is 1. The Morgan fingerprint density at radius 3 is 2.62 bits per heavy atom. The molecule has 2 aromatic carbocycles. The highest BCUT2D eigenvalue weighted by molar-refractivity contribution is 5.94. The number of fused-ring (bicyclic) bond motifs is 1. The lowest BCUT2D eigenvalue weighted by Crippen LogP contribution is -2.29. The van der Waals surface area contributed by atoms with Crippen molar-refractivity contribution < 1.29 is 9.21 Å². The number of rotatable bonds is 4. The standard InChI is InChI=1S/C19H17N5O2/c1-13(18-11-15-5-3-4-6-17(15)26-18)23(2)19(25)14-7-9-16(10-8-14)24-12-20-21-22-24/h3-13H,1-2H3/t13-/m1/s1. The minimum Gasteiger partial charge on any atom is -0.459 e. The van der Waals surface area contributed by atoms with Crippen molar-refractivity contribution in [3.63, 3.8) is 0 Å². The van der Waals surface area contributed by atoms with Crippen LogP contribution in [0.15, 0.2) is 65.3 Å². The maximum atomic E-state index is 12.8. The molecule has 7 nitrogen and oxygen atoms in total. The van der Waals surface area contributed by atoms with E-state index < -0.39 is 0 Å². The largest absolute Gasteiger partial charge is 0.459 e. The monoisotopic (exact) mass is 347 g/mol. The van der Waals surface area contributed by atoms with Crippen LogP contribution in [0.4, 0.5) is 0 Å². The summed E-state index contributed by atoms with van der Waals surface area (Å²) in [4.78, 5) is 14.5. The SMILES string of the molecule is C[C@H](c1cc2ccccc2o1)N(C)C(=O)c1ccc(-n2cnnn2)cc1. The van der Waals surface area contributed by atoms with Gasteiger partial charge in [0.1, 0.15) is 17.7 Å². The van der Waals surface area contributed by atoms with E-state index in [2.05, 4.69) is 15.5 Å². The van der Waals surface area contributed by atoms with Crippen molar-refractivity contribution in [3.05, 3.63) is 72.2 Å². The van der Waals surface area contributed by atoms with E-state index in [1.807, 2.05) is 49.4 Å². The maximum Gasteiger partial charge on any atom is 0.254 e. The van der Waals surface area contributed by atoms with Gasteiger partial charge in [0.05, 0.1) is 11.7 Å². The summed E-state index contributed by atoms with van der Waals surface area (Å²) in [6.45, 7) is 1.95. The average Bonchev–Trinajstić information content (AvgIpc) is 3.36. The van der Waals surface area contributed by atoms with Gasteiger partial charge < -0.3 is 9.32 Å². The molecule has 4 rings (SSSR count). The van der Waals surface area contributed by atoms with Gasteiger partial charge in [-0.3, -0.25) is 4.79 Å². The fraction of sp³-hybridized carbons (Fsp3) is 0.158.